The summed E-state index contributed by atoms with van der Waals surface area (Å²) in [6.07, 6.45) is 3.84. The number of amides is 1. The molecule has 0 radical (unpaired) electrons. The Hall–Kier alpha value is -1.56. The lowest BCUT2D eigenvalue weighted by Gasteiger charge is -2.24. The molecule has 0 bridgehead atoms. The molecule has 1 heterocycles. The molecule has 6 heteroatoms. The van der Waals surface area contributed by atoms with E-state index in [0.717, 1.165) is 5.12 Å². The Labute approximate surface area is 82.2 Å². The molecule has 2 N–H and O–H groups in total. The van der Waals surface area contributed by atoms with Crippen LogP contribution in [0.3, 0.4) is 0 Å². The minimum absolute atomic E-state index is 0.560. The van der Waals surface area contributed by atoms with E-state index in [1.54, 1.807) is 27.0 Å². The number of hydrogen-bond donors (Lipinski definition) is 1. The lowest BCUT2D eigenvalue weighted by atomic mass is 10.2. The molecule has 1 amide bonds. The molecule has 0 unspecified atom stereocenters. The average molecular weight is 198 g/mol. The second-order valence-corrected chi connectivity index (χ2v) is 3.77. The van der Waals surface area contributed by atoms with Crippen LogP contribution < -0.4 is 11.0 Å². The van der Waals surface area contributed by atoms with Crippen molar-refractivity contribution in [1.82, 2.24) is 9.66 Å². The lowest BCUT2D eigenvalue weighted by molar-refractivity contribution is 0.0537. The van der Waals surface area contributed by atoms with Gasteiger partial charge < -0.3 is 4.74 Å². The minimum atomic E-state index is -0.629. The molecule has 14 heavy (non-hydrogen) atoms. The third-order valence-corrected chi connectivity index (χ3v) is 1.32. The summed E-state index contributed by atoms with van der Waals surface area (Å²) in [5, 5.41) is 0.845. The van der Waals surface area contributed by atoms with E-state index in [4.69, 9.17) is 10.6 Å². The van der Waals surface area contributed by atoms with Gasteiger partial charge in [-0.2, -0.15) is 0 Å². The number of aromatic nitrogens is 2. The van der Waals surface area contributed by atoms with E-state index in [1.165, 1.54) is 17.2 Å². The monoisotopic (exact) mass is 198 g/mol. The van der Waals surface area contributed by atoms with E-state index in [2.05, 4.69) is 4.98 Å². The van der Waals surface area contributed by atoms with E-state index in [1.807, 2.05) is 0 Å². The predicted molar refractivity (Wildman–Crippen MR) is 50.9 cm³/mol. The summed E-state index contributed by atoms with van der Waals surface area (Å²) in [7, 11) is 0. The maximum atomic E-state index is 11.4. The van der Waals surface area contributed by atoms with Crippen LogP contribution in [0.2, 0.25) is 0 Å². The van der Waals surface area contributed by atoms with Crippen molar-refractivity contribution in [3.63, 3.8) is 0 Å². The Morgan fingerprint density at radius 3 is 2.64 bits per heavy atom. The van der Waals surface area contributed by atoms with E-state index in [-0.39, 0.29) is 0 Å². The SMILES string of the molecule is CC(C)(C)OC(=O)N(N)n1ccnc1. The highest BCUT2D eigenvalue weighted by atomic mass is 16.6. The smallest absolute Gasteiger partial charge is 0.441 e. The number of rotatable bonds is 1. The fourth-order valence-electron chi connectivity index (χ4n) is 0.783. The Balaban J connectivity index is 2.63. The number of imidazole rings is 1. The fraction of sp³-hybridized carbons (Fsp3) is 0.500. The first-order valence-electron chi connectivity index (χ1n) is 4.16. The average Bonchev–Trinajstić information content (AvgIpc) is 2.51. The zero-order valence-electron chi connectivity index (χ0n) is 8.47. The number of carbonyl (C=O) groups excluding carboxylic acids is 1. The van der Waals surface area contributed by atoms with Crippen LogP contribution in [0.25, 0.3) is 0 Å². The van der Waals surface area contributed by atoms with Gasteiger partial charge in [-0.3, -0.25) is 0 Å². The van der Waals surface area contributed by atoms with Gasteiger partial charge in [-0.05, 0) is 20.8 Å². The van der Waals surface area contributed by atoms with Crippen LogP contribution in [0.5, 0.6) is 0 Å². The van der Waals surface area contributed by atoms with Gasteiger partial charge in [0.2, 0.25) is 0 Å². The molecule has 0 aliphatic rings. The normalized spacial score (nSPS) is 11.1. The number of ether oxygens (including phenoxy) is 1. The van der Waals surface area contributed by atoms with Gasteiger partial charge in [0, 0.05) is 12.4 Å². The maximum Gasteiger partial charge on any atom is 0.444 e. The molecule has 0 aliphatic carbocycles. The quantitative estimate of drug-likeness (QED) is 0.408. The van der Waals surface area contributed by atoms with E-state index in [0.29, 0.717) is 0 Å². The van der Waals surface area contributed by atoms with Crippen LogP contribution >= 0.6 is 0 Å². The molecule has 6 nitrogen and oxygen atoms in total. The number of nitrogens with zero attached hydrogens (tertiary/aromatic N) is 3. The molecular formula is C8H14N4O2. The van der Waals surface area contributed by atoms with Crippen LogP contribution in [-0.4, -0.2) is 21.4 Å². The summed E-state index contributed by atoms with van der Waals surface area (Å²) >= 11 is 0. The molecule has 0 saturated carbocycles. The van der Waals surface area contributed by atoms with Gasteiger partial charge in [0.1, 0.15) is 11.9 Å². The molecule has 78 valence electrons. The van der Waals surface area contributed by atoms with E-state index in [9.17, 15) is 4.79 Å². The van der Waals surface area contributed by atoms with Gasteiger partial charge in [-0.25, -0.2) is 20.3 Å². The molecule has 0 fully saturated rings. The summed E-state index contributed by atoms with van der Waals surface area (Å²) in [4.78, 5) is 15.1. The molecular weight excluding hydrogens is 184 g/mol. The Morgan fingerprint density at radius 2 is 2.21 bits per heavy atom. The third kappa shape index (κ3) is 2.74. The van der Waals surface area contributed by atoms with Gasteiger partial charge in [0.15, 0.2) is 0 Å². The van der Waals surface area contributed by atoms with Gasteiger partial charge >= 0.3 is 6.09 Å². The van der Waals surface area contributed by atoms with Gasteiger partial charge in [0.25, 0.3) is 0 Å². The zero-order chi connectivity index (χ0) is 10.8. The summed E-state index contributed by atoms with van der Waals surface area (Å²) in [5.41, 5.74) is -0.560. The van der Waals surface area contributed by atoms with Gasteiger partial charge in [0.05, 0.1) is 0 Å². The summed E-state index contributed by atoms with van der Waals surface area (Å²) in [6.45, 7) is 5.31. The molecule has 0 aliphatic heterocycles. The Bertz CT molecular complexity index is 302. The van der Waals surface area contributed by atoms with Crippen LogP contribution in [0.1, 0.15) is 20.8 Å². The standard InChI is InChI=1S/C8H14N4O2/c1-8(2,3)14-7(13)12(9)11-5-4-10-6-11/h4-6H,9H2,1-3H3. The summed E-state index contributed by atoms with van der Waals surface area (Å²) in [6, 6.07) is 0. The van der Waals surface area contributed by atoms with E-state index >= 15 is 0 Å². The first-order valence-corrected chi connectivity index (χ1v) is 4.16. The van der Waals surface area contributed by atoms with Gasteiger partial charge in [-0.1, -0.05) is 0 Å². The van der Waals surface area contributed by atoms with Crippen molar-refractivity contribution < 1.29 is 9.53 Å². The molecule has 0 spiro atoms. The molecule has 0 aromatic carbocycles. The molecule has 1 rings (SSSR count). The first-order chi connectivity index (χ1) is 6.40. The maximum absolute atomic E-state index is 11.4. The number of carbonyl (C=O) groups is 1. The molecule has 1 aromatic rings. The number of nitrogens with two attached hydrogens (primary N) is 1. The third-order valence-electron chi connectivity index (χ3n) is 1.32. The largest absolute Gasteiger partial charge is 0.444 e. The highest BCUT2D eigenvalue weighted by Crippen LogP contribution is 2.07. The Kier molecular flexibility index (Phi) is 2.76. The first kappa shape index (κ1) is 10.5. The topological polar surface area (TPSA) is 73.4 Å². The van der Waals surface area contributed by atoms with Crippen LogP contribution in [0, 0.1) is 0 Å². The highest BCUT2D eigenvalue weighted by Gasteiger charge is 2.20. The Morgan fingerprint density at radius 1 is 1.57 bits per heavy atom. The lowest BCUT2D eigenvalue weighted by Crippen LogP contribution is -2.48. The van der Waals surface area contributed by atoms with Crippen molar-refractivity contribution in [3.05, 3.63) is 18.7 Å². The van der Waals surface area contributed by atoms with Crippen molar-refractivity contribution in [3.8, 4) is 0 Å². The van der Waals surface area contributed by atoms with Crippen LogP contribution in [0.4, 0.5) is 4.79 Å². The predicted octanol–water partition coefficient (Wildman–Crippen LogP) is 0.630. The fourth-order valence-corrected chi connectivity index (χ4v) is 0.783. The molecule has 0 saturated heterocycles. The van der Waals surface area contributed by atoms with Crippen LogP contribution in [-0.2, 0) is 4.74 Å². The highest BCUT2D eigenvalue weighted by molar-refractivity contribution is 5.77. The van der Waals surface area contributed by atoms with Crippen LogP contribution in [0.15, 0.2) is 18.7 Å². The van der Waals surface area contributed by atoms with Crippen molar-refractivity contribution >= 4 is 6.09 Å². The molecule has 0 atom stereocenters. The molecule has 1 aromatic heterocycles. The van der Waals surface area contributed by atoms with E-state index < -0.39 is 11.7 Å². The van der Waals surface area contributed by atoms with Crippen molar-refractivity contribution in [2.45, 2.75) is 26.4 Å². The van der Waals surface area contributed by atoms with Crippen molar-refractivity contribution in [2.75, 3.05) is 5.12 Å². The van der Waals surface area contributed by atoms with Crippen molar-refractivity contribution in [1.29, 1.82) is 0 Å². The number of hydrazine groups is 1. The second-order valence-electron chi connectivity index (χ2n) is 3.77. The summed E-state index contributed by atoms with van der Waals surface area (Å²) in [5.74, 6) is 5.47. The van der Waals surface area contributed by atoms with Crippen molar-refractivity contribution in [2.24, 2.45) is 5.84 Å². The number of hydrogen-bond acceptors (Lipinski definition) is 4. The second kappa shape index (κ2) is 3.67. The van der Waals surface area contributed by atoms with Gasteiger partial charge in [-0.15, -0.1) is 5.12 Å². The minimum Gasteiger partial charge on any atom is -0.441 e. The zero-order valence-corrected chi connectivity index (χ0v) is 8.47. The summed E-state index contributed by atoms with van der Waals surface area (Å²) < 4.78 is 6.36.